The molecule has 0 rings (SSSR count). The third kappa shape index (κ3) is 11.5. The molecule has 0 spiro atoms. The summed E-state index contributed by atoms with van der Waals surface area (Å²) in [6.45, 7) is 7.07. The third-order valence-electron chi connectivity index (χ3n) is 2.63. The summed E-state index contributed by atoms with van der Waals surface area (Å²) in [5.74, 6) is -0.586. The van der Waals surface area contributed by atoms with Crippen molar-refractivity contribution < 1.29 is 19.1 Å². The molecule has 0 aromatic carbocycles. The van der Waals surface area contributed by atoms with Gasteiger partial charge in [0, 0.05) is 13.8 Å². The average Bonchev–Trinajstić information content (AvgIpc) is 2.31. The Balaban J connectivity index is 4.26. The van der Waals surface area contributed by atoms with Crippen molar-refractivity contribution in [1.29, 1.82) is 0 Å². The van der Waals surface area contributed by atoms with Crippen LogP contribution in [0.5, 0.6) is 0 Å². The summed E-state index contributed by atoms with van der Waals surface area (Å²) in [5, 5.41) is 0. The molecule has 110 valence electrons. The molecule has 4 nitrogen and oxygen atoms in total. The first kappa shape index (κ1) is 17.7. The predicted octanol–water partition coefficient (Wildman–Crippen LogP) is 3.40. The van der Waals surface area contributed by atoms with Crippen LogP contribution in [0.4, 0.5) is 0 Å². The highest BCUT2D eigenvalue weighted by atomic mass is 16.5. The Morgan fingerprint density at radius 2 is 1.74 bits per heavy atom. The highest BCUT2D eigenvalue weighted by Gasteiger charge is 2.09. The molecule has 0 fully saturated rings. The molecule has 0 heterocycles. The van der Waals surface area contributed by atoms with Gasteiger partial charge >= 0.3 is 11.9 Å². The first-order valence-electron chi connectivity index (χ1n) is 6.93. The van der Waals surface area contributed by atoms with Crippen LogP contribution in [0.25, 0.3) is 0 Å². The fourth-order valence-electron chi connectivity index (χ4n) is 1.74. The molecule has 4 heteroatoms. The lowest BCUT2D eigenvalue weighted by Gasteiger charge is -2.14. The summed E-state index contributed by atoms with van der Waals surface area (Å²) < 4.78 is 10.2. The summed E-state index contributed by atoms with van der Waals surface area (Å²) in [4.78, 5) is 21.8. The normalized spacial score (nSPS) is 12.9. The standard InChI is InChI=1S/C15H26O4/c1-5-6-7-8-9-15(19-14(4)17)10-12(2)11-18-13(3)16/h10,15H,5-9,11H2,1-4H3. The van der Waals surface area contributed by atoms with E-state index in [1.165, 1.54) is 26.7 Å². The topological polar surface area (TPSA) is 52.6 Å². The Kier molecular flexibility index (Phi) is 9.85. The van der Waals surface area contributed by atoms with Gasteiger partial charge in [-0.15, -0.1) is 0 Å². The minimum absolute atomic E-state index is 0.218. The largest absolute Gasteiger partial charge is 0.461 e. The molecule has 0 N–H and O–H groups in total. The molecule has 0 saturated heterocycles. The van der Waals surface area contributed by atoms with Gasteiger partial charge in [0.2, 0.25) is 0 Å². The van der Waals surface area contributed by atoms with Crippen LogP contribution < -0.4 is 0 Å². The molecule has 0 aliphatic carbocycles. The summed E-state index contributed by atoms with van der Waals surface area (Å²) >= 11 is 0. The predicted molar refractivity (Wildman–Crippen MR) is 74.7 cm³/mol. The van der Waals surface area contributed by atoms with Gasteiger partial charge in [-0.2, -0.15) is 0 Å². The van der Waals surface area contributed by atoms with E-state index in [1.807, 2.05) is 13.0 Å². The van der Waals surface area contributed by atoms with E-state index in [0.29, 0.717) is 0 Å². The molecule has 19 heavy (non-hydrogen) atoms. The van der Waals surface area contributed by atoms with Gasteiger partial charge in [-0.3, -0.25) is 9.59 Å². The first-order valence-corrected chi connectivity index (χ1v) is 6.93. The minimum atomic E-state index is -0.306. The highest BCUT2D eigenvalue weighted by molar-refractivity contribution is 5.66. The Morgan fingerprint density at radius 1 is 1.05 bits per heavy atom. The second kappa shape index (κ2) is 10.6. The maximum absolute atomic E-state index is 11.1. The first-order chi connectivity index (χ1) is 8.95. The van der Waals surface area contributed by atoms with Crippen molar-refractivity contribution in [3.63, 3.8) is 0 Å². The van der Waals surface area contributed by atoms with E-state index >= 15 is 0 Å². The quantitative estimate of drug-likeness (QED) is 0.366. The molecule has 1 unspecified atom stereocenters. The van der Waals surface area contributed by atoms with E-state index in [2.05, 4.69) is 6.92 Å². The fourth-order valence-corrected chi connectivity index (χ4v) is 1.74. The maximum Gasteiger partial charge on any atom is 0.303 e. The molecule has 0 aromatic heterocycles. The zero-order valence-corrected chi connectivity index (χ0v) is 12.5. The van der Waals surface area contributed by atoms with Crippen molar-refractivity contribution in [1.82, 2.24) is 0 Å². The van der Waals surface area contributed by atoms with Crippen molar-refractivity contribution in [3.8, 4) is 0 Å². The number of unbranched alkanes of at least 4 members (excludes halogenated alkanes) is 3. The van der Waals surface area contributed by atoms with Crippen LogP contribution in [0.3, 0.4) is 0 Å². The lowest BCUT2D eigenvalue weighted by atomic mass is 10.1. The highest BCUT2D eigenvalue weighted by Crippen LogP contribution is 2.12. The van der Waals surface area contributed by atoms with E-state index in [0.717, 1.165) is 24.8 Å². The van der Waals surface area contributed by atoms with Crippen LogP contribution >= 0.6 is 0 Å². The zero-order chi connectivity index (χ0) is 14.7. The van der Waals surface area contributed by atoms with Crippen LogP contribution in [0.2, 0.25) is 0 Å². The van der Waals surface area contributed by atoms with Crippen molar-refractivity contribution >= 4 is 11.9 Å². The van der Waals surface area contributed by atoms with Crippen LogP contribution in [0.15, 0.2) is 11.6 Å². The Bertz CT molecular complexity index is 307. The van der Waals surface area contributed by atoms with Gasteiger partial charge in [-0.1, -0.05) is 26.2 Å². The van der Waals surface area contributed by atoms with Crippen LogP contribution in [-0.4, -0.2) is 24.6 Å². The maximum atomic E-state index is 11.1. The lowest BCUT2D eigenvalue weighted by Crippen LogP contribution is -2.15. The van der Waals surface area contributed by atoms with E-state index in [4.69, 9.17) is 9.47 Å². The van der Waals surface area contributed by atoms with Gasteiger partial charge in [0.1, 0.15) is 12.7 Å². The van der Waals surface area contributed by atoms with Crippen LogP contribution in [0.1, 0.15) is 59.8 Å². The van der Waals surface area contributed by atoms with Crippen molar-refractivity contribution in [2.24, 2.45) is 0 Å². The second-order valence-electron chi connectivity index (χ2n) is 4.79. The number of esters is 2. The van der Waals surface area contributed by atoms with E-state index in [9.17, 15) is 9.59 Å². The van der Waals surface area contributed by atoms with Crippen molar-refractivity contribution in [3.05, 3.63) is 11.6 Å². The van der Waals surface area contributed by atoms with Gasteiger partial charge in [0.15, 0.2) is 0 Å². The summed E-state index contributed by atoms with van der Waals surface area (Å²) in [6, 6.07) is 0. The lowest BCUT2D eigenvalue weighted by molar-refractivity contribution is -0.144. The molecule has 0 saturated carbocycles. The van der Waals surface area contributed by atoms with Crippen LogP contribution in [-0.2, 0) is 19.1 Å². The second-order valence-corrected chi connectivity index (χ2v) is 4.79. The number of rotatable bonds is 9. The third-order valence-corrected chi connectivity index (χ3v) is 2.63. The summed E-state index contributed by atoms with van der Waals surface area (Å²) in [7, 11) is 0. The number of carbonyl (C=O) groups is 2. The van der Waals surface area contributed by atoms with Gasteiger partial charge < -0.3 is 9.47 Å². The smallest absolute Gasteiger partial charge is 0.303 e. The molecule has 0 amide bonds. The molecular formula is C15H26O4. The number of hydrogen-bond acceptors (Lipinski definition) is 4. The van der Waals surface area contributed by atoms with Gasteiger partial charge in [0.05, 0.1) is 0 Å². The minimum Gasteiger partial charge on any atom is -0.461 e. The van der Waals surface area contributed by atoms with E-state index in [-0.39, 0.29) is 24.6 Å². The molecule has 0 aromatic rings. The van der Waals surface area contributed by atoms with Crippen molar-refractivity contribution in [2.75, 3.05) is 6.61 Å². The molecular weight excluding hydrogens is 244 g/mol. The summed E-state index contributed by atoms with van der Waals surface area (Å²) in [5.41, 5.74) is 0.900. The Hall–Kier alpha value is -1.32. The Labute approximate surface area is 116 Å². The molecule has 0 radical (unpaired) electrons. The SMILES string of the molecule is CCCCCCC(C=C(C)COC(C)=O)OC(C)=O. The van der Waals surface area contributed by atoms with Crippen molar-refractivity contribution in [2.45, 2.75) is 65.9 Å². The van der Waals surface area contributed by atoms with Gasteiger partial charge in [0.25, 0.3) is 0 Å². The fraction of sp³-hybridized carbons (Fsp3) is 0.733. The number of hydrogen-bond donors (Lipinski definition) is 0. The van der Waals surface area contributed by atoms with E-state index < -0.39 is 0 Å². The van der Waals surface area contributed by atoms with Crippen LogP contribution in [0, 0.1) is 0 Å². The summed E-state index contributed by atoms with van der Waals surface area (Å²) in [6.07, 6.45) is 7.02. The number of ether oxygens (including phenoxy) is 2. The molecule has 0 aliphatic rings. The monoisotopic (exact) mass is 270 g/mol. The molecule has 1 atom stereocenters. The number of carbonyl (C=O) groups excluding carboxylic acids is 2. The Morgan fingerprint density at radius 3 is 2.26 bits per heavy atom. The molecule has 0 aliphatic heterocycles. The van der Waals surface area contributed by atoms with Gasteiger partial charge in [-0.25, -0.2) is 0 Å². The van der Waals surface area contributed by atoms with Gasteiger partial charge in [-0.05, 0) is 31.4 Å². The zero-order valence-electron chi connectivity index (χ0n) is 12.5. The van der Waals surface area contributed by atoms with E-state index in [1.54, 1.807) is 0 Å². The molecule has 0 bridgehead atoms. The average molecular weight is 270 g/mol.